The predicted molar refractivity (Wildman–Crippen MR) is 48.4 cm³/mol. The maximum Gasteiger partial charge on any atom is 0.123 e. The van der Waals surface area contributed by atoms with Crippen LogP contribution in [0.3, 0.4) is 0 Å². The lowest BCUT2D eigenvalue weighted by atomic mass is 10.1. The maximum atomic E-state index is 12.5. The first-order valence-corrected chi connectivity index (χ1v) is 4.18. The van der Waals surface area contributed by atoms with Crippen molar-refractivity contribution in [3.63, 3.8) is 0 Å². The molecular weight excluding hydrogens is 153 g/mol. The average Bonchev–Trinajstić information content (AvgIpc) is 2.03. The van der Waals surface area contributed by atoms with Crippen molar-refractivity contribution < 1.29 is 4.39 Å². The van der Waals surface area contributed by atoms with Crippen LogP contribution in [0.4, 0.5) is 4.39 Å². The zero-order valence-corrected chi connectivity index (χ0v) is 7.26. The lowest BCUT2D eigenvalue weighted by Crippen LogP contribution is -2.15. The van der Waals surface area contributed by atoms with Crippen molar-refractivity contribution in [3.05, 3.63) is 35.6 Å². The second kappa shape index (κ2) is 4.21. The van der Waals surface area contributed by atoms with E-state index in [2.05, 4.69) is 0 Å². The first-order chi connectivity index (χ1) is 5.68. The van der Waals surface area contributed by atoms with Crippen LogP contribution in [0.25, 0.3) is 0 Å². The first-order valence-electron chi connectivity index (χ1n) is 4.18. The van der Waals surface area contributed by atoms with E-state index in [1.54, 1.807) is 12.1 Å². The van der Waals surface area contributed by atoms with Gasteiger partial charge in [-0.25, -0.2) is 4.39 Å². The van der Waals surface area contributed by atoms with Gasteiger partial charge in [0, 0.05) is 6.04 Å². The first kappa shape index (κ1) is 9.20. The van der Waals surface area contributed by atoms with E-state index in [0.29, 0.717) is 0 Å². The smallest absolute Gasteiger partial charge is 0.123 e. The summed E-state index contributed by atoms with van der Waals surface area (Å²) in [6, 6.07) is 6.79. The Hall–Kier alpha value is -0.890. The highest BCUT2D eigenvalue weighted by Gasteiger charge is 1.96. The number of hydrogen-bond donors (Lipinski definition) is 1. The molecule has 1 nitrogen and oxygen atoms in total. The van der Waals surface area contributed by atoms with Crippen LogP contribution in [-0.4, -0.2) is 6.04 Å². The predicted octanol–water partition coefficient (Wildman–Crippen LogP) is 2.11. The molecule has 0 aliphatic heterocycles. The molecule has 0 saturated heterocycles. The van der Waals surface area contributed by atoms with E-state index in [-0.39, 0.29) is 11.9 Å². The van der Waals surface area contributed by atoms with Gasteiger partial charge in [0.25, 0.3) is 0 Å². The number of aryl methyl sites for hydroxylation is 1. The Morgan fingerprint density at radius 3 is 2.42 bits per heavy atom. The van der Waals surface area contributed by atoms with E-state index in [0.717, 1.165) is 18.4 Å². The minimum absolute atomic E-state index is 0.181. The topological polar surface area (TPSA) is 26.0 Å². The van der Waals surface area contributed by atoms with Crippen molar-refractivity contribution in [3.8, 4) is 0 Å². The second-order valence-corrected chi connectivity index (χ2v) is 3.14. The molecule has 2 N–H and O–H groups in total. The Labute approximate surface area is 72.4 Å². The number of nitrogens with two attached hydrogens (primary N) is 1. The molecule has 12 heavy (non-hydrogen) atoms. The van der Waals surface area contributed by atoms with Crippen LogP contribution < -0.4 is 5.73 Å². The van der Waals surface area contributed by atoms with Crippen LogP contribution in [0, 0.1) is 5.82 Å². The molecular formula is C10H14FN. The molecule has 0 amide bonds. The maximum absolute atomic E-state index is 12.5. The molecule has 0 fully saturated rings. The average molecular weight is 167 g/mol. The fourth-order valence-corrected chi connectivity index (χ4v) is 1.05. The number of hydrogen-bond acceptors (Lipinski definition) is 1. The van der Waals surface area contributed by atoms with Gasteiger partial charge in [0.1, 0.15) is 5.82 Å². The number of rotatable bonds is 3. The summed E-state index contributed by atoms with van der Waals surface area (Å²) in [5.41, 5.74) is 6.74. The van der Waals surface area contributed by atoms with Crippen LogP contribution in [0.2, 0.25) is 0 Å². The summed E-state index contributed by atoms with van der Waals surface area (Å²) in [5, 5.41) is 0. The summed E-state index contributed by atoms with van der Waals surface area (Å²) in [5.74, 6) is -0.181. The fourth-order valence-electron chi connectivity index (χ4n) is 1.05. The Morgan fingerprint density at radius 1 is 1.33 bits per heavy atom. The zero-order valence-electron chi connectivity index (χ0n) is 7.26. The van der Waals surface area contributed by atoms with Gasteiger partial charge in [-0.15, -0.1) is 0 Å². The summed E-state index contributed by atoms with van der Waals surface area (Å²) in [6.07, 6.45) is 1.88. The summed E-state index contributed by atoms with van der Waals surface area (Å²) in [4.78, 5) is 0. The van der Waals surface area contributed by atoms with Gasteiger partial charge >= 0.3 is 0 Å². The van der Waals surface area contributed by atoms with Crippen molar-refractivity contribution in [2.75, 3.05) is 0 Å². The van der Waals surface area contributed by atoms with Crippen LogP contribution in [-0.2, 0) is 6.42 Å². The molecule has 0 unspecified atom stereocenters. The van der Waals surface area contributed by atoms with Crippen molar-refractivity contribution in [1.29, 1.82) is 0 Å². The van der Waals surface area contributed by atoms with E-state index in [1.807, 2.05) is 6.92 Å². The molecule has 1 aromatic rings. The van der Waals surface area contributed by atoms with E-state index < -0.39 is 0 Å². The Balaban J connectivity index is 2.48. The van der Waals surface area contributed by atoms with Crippen molar-refractivity contribution in [2.24, 2.45) is 5.73 Å². The normalized spacial score (nSPS) is 12.9. The van der Waals surface area contributed by atoms with Crippen molar-refractivity contribution in [2.45, 2.75) is 25.8 Å². The van der Waals surface area contributed by atoms with E-state index >= 15 is 0 Å². The quantitative estimate of drug-likeness (QED) is 0.733. The highest BCUT2D eigenvalue weighted by atomic mass is 19.1. The van der Waals surface area contributed by atoms with Crippen LogP contribution in [0.5, 0.6) is 0 Å². The largest absolute Gasteiger partial charge is 0.328 e. The third-order valence-corrected chi connectivity index (χ3v) is 1.80. The lowest BCUT2D eigenvalue weighted by Gasteiger charge is -2.04. The highest BCUT2D eigenvalue weighted by molar-refractivity contribution is 5.16. The molecule has 0 aliphatic carbocycles. The summed E-state index contributed by atoms with van der Waals surface area (Å²) < 4.78 is 12.5. The van der Waals surface area contributed by atoms with Gasteiger partial charge in [-0.1, -0.05) is 12.1 Å². The molecule has 0 heterocycles. The Kier molecular flexibility index (Phi) is 3.23. The second-order valence-electron chi connectivity index (χ2n) is 3.14. The summed E-state index contributed by atoms with van der Waals surface area (Å²) >= 11 is 0. The molecule has 66 valence electrons. The van der Waals surface area contributed by atoms with E-state index in [1.165, 1.54) is 12.1 Å². The SMILES string of the molecule is C[C@@H](N)CCc1ccc(F)cc1. The number of halogens is 1. The van der Waals surface area contributed by atoms with Gasteiger partial charge in [-0.3, -0.25) is 0 Å². The third-order valence-electron chi connectivity index (χ3n) is 1.80. The van der Waals surface area contributed by atoms with Gasteiger partial charge in [-0.05, 0) is 37.5 Å². The van der Waals surface area contributed by atoms with E-state index in [4.69, 9.17) is 5.73 Å². The molecule has 1 rings (SSSR count). The molecule has 2 heteroatoms. The molecule has 0 bridgehead atoms. The van der Waals surface area contributed by atoms with Gasteiger partial charge in [0.15, 0.2) is 0 Å². The molecule has 0 spiro atoms. The monoisotopic (exact) mass is 167 g/mol. The lowest BCUT2D eigenvalue weighted by molar-refractivity contribution is 0.625. The van der Waals surface area contributed by atoms with Crippen molar-refractivity contribution >= 4 is 0 Å². The summed E-state index contributed by atoms with van der Waals surface area (Å²) in [6.45, 7) is 1.98. The summed E-state index contributed by atoms with van der Waals surface area (Å²) in [7, 11) is 0. The minimum atomic E-state index is -0.181. The van der Waals surface area contributed by atoms with Gasteiger partial charge in [0.05, 0.1) is 0 Å². The zero-order chi connectivity index (χ0) is 8.97. The Morgan fingerprint density at radius 2 is 1.92 bits per heavy atom. The molecule has 1 atom stereocenters. The van der Waals surface area contributed by atoms with E-state index in [9.17, 15) is 4.39 Å². The van der Waals surface area contributed by atoms with Gasteiger partial charge in [-0.2, -0.15) is 0 Å². The van der Waals surface area contributed by atoms with Crippen LogP contribution >= 0.6 is 0 Å². The molecule has 0 aliphatic rings. The van der Waals surface area contributed by atoms with Crippen molar-refractivity contribution in [1.82, 2.24) is 0 Å². The van der Waals surface area contributed by atoms with Crippen LogP contribution in [0.1, 0.15) is 18.9 Å². The molecule has 1 aromatic carbocycles. The Bertz CT molecular complexity index is 228. The molecule has 0 radical (unpaired) electrons. The standard InChI is InChI=1S/C10H14FN/c1-8(12)2-3-9-4-6-10(11)7-5-9/h4-8H,2-3,12H2,1H3/t8-/m1/s1. The number of benzene rings is 1. The fraction of sp³-hybridized carbons (Fsp3) is 0.400. The molecule has 0 saturated carbocycles. The van der Waals surface area contributed by atoms with Gasteiger partial charge < -0.3 is 5.73 Å². The minimum Gasteiger partial charge on any atom is -0.328 e. The van der Waals surface area contributed by atoms with Gasteiger partial charge in [0.2, 0.25) is 0 Å². The highest BCUT2D eigenvalue weighted by Crippen LogP contribution is 2.05. The third kappa shape index (κ3) is 3.01. The molecule has 0 aromatic heterocycles. The van der Waals surface area contributed by atoms with Crippen LogP contribution in [0.15, 0.2) is 24.3 Å².